The largest absolute Gasteiger partial charge is 0.316 e. The first-order valence-corrected chi connectivity index (χ1v) is 8.51. The molecule has 0 radical (unpaired) electrons. The van der Waals surface area contributed by atoms with Crippen LogP contribution in [0, 0.1) is 11.7 Å². The number of hydrogen-bond acceptors (Lipinski definition) is 3. The van der Waals surface area contributed by atoms with Crippen LogP contribution in [0.4, 0.5) is 4.39 Å². The molecule has 4 nitrogen and oxygen atoms in total. The van der Waals surface area contributed by atoms with E-state index in [4.69, 9.17) is 11.6 Å². The molecule has 8 heteroatoms. The van der Waals surface area contributed by atoms with Crippen molar-refractivity contribution in [3.63, 3.8) is 0 Å². The smallest absolute Gasteiger partial charge is 0.243 e. The molecule has 0 saturated carbocycles. The SMILES string of the molecule is Cl.O=S(=O)(NCCC1CCCNC1)c1cccc(Cl)c1F. The van der Waals surface area contributed by atoms with Gasteiger partial charge >= 0.3 is 0 Å². The van der Waals surface area contributed by atoms with Crippen LogP contribution in [0.2, 0.25) is 5.02 Å². The van der Waals surface area contributed by atoms with E-state index in [0.717, 1.165) is 32.4 Å². The molecule has 0 aromatic heterocycles. The molecule has 1 aliphatic heterocycles. The Morgan fingerprint density at radius 3 is 2.86 bits per heavy atom. The molecular formula is C13H19Cl2FN2O2S. The van der Waals surface area contributed by atoms with Gasteiger partial charge < -0.3 is 5.32 Å². The van der Waals surface area contributed by atoms with E-state index < -0.39 is 20.7 Å². The van der Waals surface area contributed by atoms with Crippen LogP contribution >= 0.6 is 24.0 Å². The van der Waals surface area contributed by atoms with Gasteiger partial charge in [0.2, 0.25) is 10.0 Å². The third-order valence-corrected chi connectivity index (χ3v) is 5.22. The van der Waals surface area contributed by atoms with E-state index >= 15 is 0 Å². The lowest BCUT2D eigenvalue weighted by atomic mass is 9.96. The van der Waals surface area contributed by atoms with Crippen LogP contribution in [0.15, 0.2) is 23.1 Å². The minimum Gasteiger partial charge on any atom is -0.316 e. The molecule has 1 saturated heterocycles. The maximum absolute atomic E-state index is 13.7. The van der Waals surface area contributed by atoms with Crippen LogP contribution in [-0.4, -0.2) is 28.1 Å². The minimum absolute atomic E-state index is 0. The van der Waals surface area contributed by atoms with Crippen LogP contribution < -0.4 is 10.0 Å². The fourth-order valence-electron chi connectivity index (χ4n) is 2.34. The molecule has 0 bridgehead atoms. The molecule has 2 rings (SSSR count). The summed E-state index contributed by atoms with van der Waals surface area (Å²) in [4.78, 5) is -0.397. The van der Waals surface area contributed by atoms with Crippen molar-refractivity contribution in [3.05, 3.63) is 29.0 Å². The molecule has 1 atom stereocenters. The van der Waals surface area contributed by atoms with Gasteiger partial charge in [-0.15, -0.1) is 12.4 Å². The third kappa shape index (κ3) is 5.07. The summed E-state index contributed by atoms with van der Waals surface area (Å²) in [5.41, 5.74) is 0. The van der Waals surface area contributed by atoms with E-state index in [-0.39, 0.29) is 17.4 Å². The molecular weight excluding hydrogens is 338 g/mol. The lowest BCUT2D eigenvalue weighted by molar-refractivity contribution is 0.358. The Bertz CT molecular complexity index is 563. The molecule has 1 aliphatic rings. The first-order chi connectivity index (χ1) is 9.50. The zero-order chi connectivity index (χ0) is 14.6. The molecule has 0 spiro atoms. The average Bonchev–Trinajstić information content (AvgIpc) is 2.42. The van der Waals surface area contributed by atoms with E-state index in [1.807, 2.05) is 0 Å². The molecule has 1 unspecified atom stereocenters. The summed E-state index contributed by atoms with van der Waals surface area (Å²) >= 11 is 5.60. The van der Waals surface area contributed by atoms with Crippen molar-refractivity contribution >= 4 is 34.0 Å². The van der Waals surface area contributed by atoms with Crippen molar-refractivity contribution in [2.75, 3.05) is 19.6 Å². The zero-order valence-electron chi connectivity index (χ0n) is 11.4. The number of halogens is 3. The maximum atomic E-state index is 13.7. The summed E-state index contributed by atoms with van der Waals surface area (Å²) in [5, 5.41) is 3.09. The van der Waals surface area contributed by atoms with Gasteiger partial charge in [0.05, 0.1) is 5.02 Å². The second-order valence-corrected chi connectivity index (χ2v) is 7.09. The number of sulfonamides is 1. The molecule has 1 heterocycles. The number of nitrogens with one attached hydrogen (secondary N) is 2. The predicted octanol–water partition coefficient (Wildman–Crippen LogP) is 2.57. The van der Waals surface area contributed by atoms with Crippen molar-refractivity contribution in [1.29, 1.82) is 0 Å². The van der Waals surface area contributed by atoms with Crippen LogP contribution in [-0.2, 0) is 10.0 Å². The van der Waals surface area contributed by atoms with Crippen LogP contribution in [0.3, 0.4) is 0 Å². The summed E-state index contributed by atoms with van der Waals surface area (Å²) in [6, 6.07) is 3.96. The van der Waals surface area contributed by atoms with Gasteiger partial charge in [0.25, 0.3) is 0 Å². The summed E-state index contributed by atoms with van der Waals surface area (Å²) in [5.74, 6) is -0.434. The Labute approximate surface area is 135 Å². The van der Waals surface area contributed by atoms with Gasteiger partial charge in [-0.3, -0.25) is 0 Å². The highest BCUT2D eigenvalue weighted by atomic mass is 35.5. The lowest BCUT2D eigenvalue weighted by Crippen LogP contribution is -2.33. The molecule has 2 N–H and O–H groups in total. The molecule has 1 aromatic rings. The summed E-state index contributed by atoms with van der Waals surface area (Å²) in [6.45, 7) is 2.24. The van der Waals surface area contributed by atoms with Crippen molar-refractivity contribution in [3.8, 4) is 0 Å². The van der Waals surface area contributed by atoms with Gasteiger partial charge in [-0.05, 0) is 50.4 Å². The Balaban J connectivity index is 0.00000220. The number of hydrogen-bond donors (Lipinski definition) is 2. The fourth-order valence-corrected chi connectivity index (χ4v) is 3.71. The highest BCUT2D eigenvalue weighted by Crippen LogP contribution is 2.22. The third-order valence-electron chi connectivity index (χ3n) is 3.45. The first kappa shape index (κ1) is 18.6. The molecule has 0 aliphatic carbocycles. The topological polar surface area (TPSA) is 58.2 Å². The average molecular weight is 357 g/mol. The Morgan fingerprint density at radius 2 is 2.19 bits per heavy atom. The van der Waals surface area contributed by atoms with Crippen LogP contribution in [0.25, 0.3) is 0 Å². The number of piperidine rings is 1. The number of rotatable bonds is 5. The Kier molecular flexibility index (Phi) is 7.36. The van der Waals surface area contributed by atoms with Gasteiger partial charge in [-0.2, -0.15) is 0 Å². The van der Waals surface area contributed by atoms with Crippen LogP contribution in [0.1, 0.15) is 19.3 Å². The molecule has 120 valence electrons. The van der Waals surface area contributed by atoms with Crippen molar-refractivity contribution in [1.82, 2.24) is 10.0 Å². The second kappa shape index (κ2) is 8.29. The van der Waals surface area contributed by atoms with Crippen molar-refractivity contribution < 1.29 is 12.8 Å². The maximum Gasteiger partial charge on any atom is 0.243 e. The summed E-state index contributed by atoms with van der Waals surface area (Å²) in [6.07, 6.45) is 2.95. The minimum atomic E-state index is -3.84. The highest BCUT2D eigenvalue weighted by Gasteiger charge is 2.21. The Hall–Kier alpha value is -0.400. The van der Waals surface area contributed by atoms with Gasteiger partial charge in [0.1, 0.15) is 4.90 Å². The molecule has 0 amide bonds. The van der Waals surface area contributed by atoms with E-state index in [1.54, 1.807) is 0 Å². The zero-order valence-corrected chi connectivity index (χ0v) is 13.8. The van der Waals surface area contributed by atoms with Gasteiger partial charge in [0.15, 0.2) is 5.82 Å². The predicted molar refractivity (Wildman–Crippen MR) is 84.1 cm³/mol. The van der Waals surface area contributed by atoms with Gasteiger partial charge in [-0.25, -0.2) is 17.5 Å². The fraction of sp³-hybridized carbons (Fsp3) is 0.538. The Morgan fingerprint density at radius 1 is 1.43 bits per heavy atom. The van der Waals surface area contributed by atoms with Crippen molar-refractivity contribution in [2.45, 2.75) is 24.2 Å². The van der Waals surface area contributed by atoms with Gasteiger partial charge in [0, 0.05) is 6.54 Å². The quantitative estimate of drug-likeness (QED) is 0.852. The van der Waals surface area contributed by atoms with Gasteiger partial charge in [-0.1, -0.05) is 17.7 Å². The molecule has 1 aromatic carbocycles. The highest BCUT2D eigenvalue weighted by molar-refractivity contribution is 7.89. The van der Waals surface area contributed by atoms with E-state index in [1.165, 1.54) is 18.2 Å². The standard InChI is InChI=1S/C13H18ClFN2O2S.ClH/c14-11-4-1-5-12(13(11)15)20(18,19)17-8-6-10-3-2-7-16-9-10;/h1,4-5,10,16-17H,2-3,6-9H2;1H. The summed E-state index contributed by atoms with van der Waals surface area (Å²) in [7, 11) is -3.84. The van der Waals surface area contributed by atoms with E-state index in [0.29, 0.717) is 12.5 Å². The lowest BCUT2D eigenvalue weighted by Gasteiger charge is -2.22. The second-order valence-electron chi connectivity index (χ2n) is 4.95. The van der Waals surface area contributed by atoms with E-state index in [2.05, 4.69) is 10.0 Å². The molecule has 21 heavy (non-hydrogen) atoms. The van der Waals surface area contributed by atoms with Crippen LogP contribution in [0.5, 0.6) is 0 Å². The first-order valence-electron chi connectivity index (χ1n) is 6.65. The van der Waals surface area contributed by atoms with E-state index in [9.17, 15) is 12.8 Å². The van der Waals surface area contributed by atoms with Crippen molar-refractivity contribution in [2.24, 2.45) is 5.92 Å². The summed E-state index contributed by atoms with van der Waals surface area (Å²) < 4.78 is 40.2. The molecule has 1 fully saturated rings. The normalized spacial score (nSPS) is 19.0. The monoisotopic (exact) mass is 356 g/mol. The number of benzene rings is 1.